The lowest BCUT2D eigenvalue weighted by Crippen LogP contribution is -2.41. The molecule has 34 heavy (non-hydrogen) atoms. The molecule has 0 spiro atoms. The zero-order valence-electron chi connectivity index (χ0n) is 19.0. The van der Waals surface area contributed by atoms with Crippen LogP contribution in [-0.2, 0) is 11.3 Å². The molecule has 2 aromatic heterocycles. The molecule has 0 aliphatic carbocycles. The van der Waals surface area contributed by atoms with Crippen molar-refractivity contribution < 1.29 is 19.0 Å². The van der Waals surface area contributed by atoms with Crippen LogP contribution in [0, 0.1) is 12.8 Å². The molecule has 1 atom stereocenters. The van der Waals surface area contributed by atoms with Gasteiger partial charge in [0.2, 0.25) is 5.91 Å². The van der Waals surface area contributed by atoms with Gasteiger partial charge in [0.1, 0.15) is 11.4 Å². The Kier molecular flexibility index (Phi) is 5.91. The second-order valence-corrected chi connectivity index (χ2v) is 9.63. The van der Waals surface area contributed by atoms with Gasteiger partial charge in [0.15, 0.2) is 0 Å². The van der Waals surface area contributed by atoms with Crippen LogP contribution in [0.1, 0.15) is 62.8 Å². The van der Waals surface area contributed by atoms with E-state index in [1.54, 1.807) is 13.0 Å². The van der Waals surface area contributed by atoms with E-state index in [4.69, 9.17) is 0 Å². The van der Waals surface area contributed by atoms with Crippen molar-refractivity contribution in [2.75, 3.05) is 18.0 Å². The highest BCUT2D eigenvalue weighted by atomic mass is 32.1. The molecule has 9 nitrogen and oxygen atoms in total. The Morgan fingerprint density at radius 2 is 1.97 bits per heavy atom. The summed E-state index contributed by atoms with van der Waals surface area (Å²) in [5.74, 6) is -0.661. The Labute approximate surface area is 200 Å². The maximum Gasteiger partial charge on any atom is 0.264 e. The number of nitrogens with one attached hydrogen (secondary N) is 1. The third kappa shape index (κ3) is 3.87. The minimum atomic E-state index is -0.321. The summed E-state index contributed by atoms with van der Waals surface area (Å²) in [7, 11) is 0. The largest absolute Gasteiger partial charge is 0.371 e. The van der Waals surface area contributed by atoms with Gasteiger partial charge < -0.3 is 10.2 Å². The predicted molar refractivity (Wildman–Crippen MR) is 125 cm³/mol. The van der Waals surface area contributed by atoms with Crippen molar-refractivity contribution in [1.82, 2.24) is 20.5 Å². The van der Waals surface area contributed by atoms with Crippen LogP contribution >= 0.6 is 11.3 Å². The van der Waals surface area contributed by atoms with Gasteiger partial charge in [0.05, 0.1) is 29.4 Å². The van der Waals surface area contributed by atoms with E-state index in [1.165, 1.54) is 16.2 Å². The molecule has 1 N–H and O–H groups in total. The Bertz CT molecular complexity index is 1230. The topological polar surface area (TPSA) is 109 Å². The maximum atomic E-state index is 13.4. The van der Waals surface area contributed by atoms with Gasteiger partial charge in [-0.25, -0.2) is 4.63 Å². The maximum absolute atomic E-state index is 13.4. The van der Waals surface area contributed by atoms with Crippen LogP contribution in [0.2, 0.25) is 0 Å². The quantitative estimate of drug-likeness (QED) is 0.540. The summed E-state index contributed by atoms with van der Waals surface area (Å²) in [5.41, 5.74) is 2.96. The normalized spacial score (nSPS) is 17.2. The molecular weight excluding hydrogens is 454 g/mol. The standard InChI is InChI=1S/C24H25N5O4S/c1-14-18(27-33-26-14)13-25-22(30)16-8-10-28(11-9-16)19-6-3-5-17-21(19)24(32)29(23(17)31)15(2)20-7-4-12-34-20/h3-7,12,15-16H,8-11,13H2,1-2H3,(H,25,30). The van der Waals surface area contributed by atoms with Crippen LogP contribution in [0.5, 0.6) is 0 Å². The zero-order chi connectivity index (χ0) is 23.8. The van der Waals surface area contributed by atoms with Gasteiger partial charge in [-0.05, 0) is 50.3 Å². The van der Waals surface area contributed by atoms with E-state index >= 15 is 0 Å². The van der Waals surface area contributed by atoms with Gasteiger partial charge in [0, 0.05) is 23.9 Å². The summed E-state index contributed by atoms with van der Waals surface area (Å²) in [6.45, 7) is 5.20. The van der Waals surface area contributed by atoms with Gasteiger partial charge in [0.25, 0.3) is 11.8 Å². The first-order valence-corrected chi connectivity index (χ1v) is 12.2. The van der Waals surface area contributed by atoms with Crippen LogP contribution in [0.15, 0.2) is 40.3 Å². The van der Waals surface area contributed by atoms with Crippen molar-refractivity contribution in [3.8, 4) is 0 Å². The summed E-state index contributed by atoms with van der Waals surface area (Å²) in [6, 6.07) is 8.98. The lowest BCUT2D eigenvalue weighted by atomic mass is 9.94. The molecule has 1 unspecified atom stereocenters. The number of aryl methyl sites for hydroxylation is 1. The Hall–Kier alpha value is -3.53. The Morgan fingerprint density at radius 3 is 2.65 bits per heavy atom. The number of anilines is 1. The van der Waals surface area contributed by atoms with Crippen molar-refractivity contribution in [3.63, 3.8) is 0 Å². The summed E-state index contributed by atoms with van der Waals surface area (Å²) in [6.07, 6.45) is 1.31. The van der Waals surface area contributed by atoms with Crippen molar-refractivity contribution in [1.29, 1.82) is 0 Å². The highest BCUT2D eigenvalue weighted by molar-refractivity contribution is 7.10. The number of carbonyl (C=O) groups excluding carboxylic acids is 3. The van der Waals surface area contributed by atoms with Crippen molar-refractivity contribution in [3.05, 3.63) is 63.1 Å². The van der Waals surface area contributed by atoms with E-state index in [-0.39, 0.29) is 36.2 Å². The molecule has 4 heterocycles. The van der Waals surface area contributed by atoms with Crippen molar-refractivity contribution in [2.45, 2.75) is 39.3 Å². The number of nitrogens with zero attached hydrogens (tertiary/aromatic N) is 4. The summed E-state index contributed by atoms with van der Waals surface area (Å²) in [5, 5.41) is 12.4. The van der Waals surface area contributed by atoms with Crippen LogP contribution in [0.4, 0.5) is 5.69 Å². The minimum absolute atomic E-state index is 0.0254. The van der Waals surface area contributed by atoms with Crippen LogP contribution in [0.25, 0.3) is 0 Å². The van der Waals surface area contributed by atoms with E-state index in [2.05, 4.69) is 25.2 Å². The first-order chi connectivity index (χ1) is 16.5. The van der Waals surface area contributed by atoms with Crippen LogP contribution in [-0.4, -0.2) is 46.0 Å². The molecule has 10 heteroatoms. The van der Waals surface area contributed by atoms with E-state index in [0.717, 1.165) is 10.6 Å². The second-order valence-electron chi connectivity index (χ2n) is 8.65. The number of hydrogen-bond donors (Lipinski definition) is 1. The highest BCUT2D eigenvalue weighted by Gasteiger charge is 2.42. The number of benzene rings is 1. The van der Waals surface area contributed by atoms with Crippen LogP contribution in [0.3, 0.4) is 0 Å². The summed E-state index contributed by atoms with van der Waals surface area (Å²) >= 11 is 1.53. The van der Waals surface area contributed by atoms with E-state index in [9.17, 15) is 14.4 Å². The number of amides is 3. The molecule has 2 aliphatic rings. The Morgan fingerprint density at radius 1 is 1.18 bits per heavy atom. The molecule has 0 bridgehead atoms. The van der Waals surface area contributed by atoms with E-state index in [0.29, 0.717) is 48.4 Å². The predicted octanol–water partition coefficient (Wildman–Crippen LogP) is 3.33. The molecular formula is C24H25N5O4S. The number of carbonyl (C=O) groups is 3. The van der Waals surface area contributed by atoms with Gasteiger partial charge in [-0.3, -0.25) is 19.3 Å². The highest BCUT2D eigenvalue weighted by Crippen LogP contribution is 2.38. The first kappa shape index (κ1) is 22.3. The molecule has 3 amide bonds. The number of hydrogen-bond acceptors (Lipinski definition) is 8. The average molecular weight is 480 g/mol. The first-order valence-electron chi connectivity index (χ1n) is 11.3. The molecule has 0 saturated carbocycles. The Balaban J connectivity index is 1.27. The number of aromatic nitrogens is 2. The second kappa shape index (κ2) is 9.02. The van der Waals surface area contributed by atoms with E-state index in [1.807, 2.05) is 36.6 Å². The molecule has 176 valence electrons. The number of imide groups is 1. The molecule has 1 saturated heterocycles. The fourth-order valence-electron chi connectivity index (χ4n) is 4.66. The molecule has 0 radical (unpaired) electrons. The number of rotatable bonds is 6. The zero-order valence-corrected chi connectivity index (χ0v) is 19.8. The fourth-order valence-corrected chi connectivity index (χ4v) is 5.44. The number of thiophene rings is 1. The molecule has 2 aliphatic heterocycles. The smallest absolute Gasteiger partial charge is 0.264 e. The molecule has 1 aromatic carbocycles. The number of piperidine rings is 1. The van der Waals surface area contributed by atoms with Gasteiger partial charge >= 0.3 is 0 Å². The summed E-state index contributed by atoms with van der Waals surface area (Å²) < 4.78 is 4.67. The van der Waals surface area contributed by atoms with Crippen LogP contribution < -0.4 is 10.2 Å². The lowest BCUT2D eigenvalue weighted by molar-refractivity contribution is -0.125. The minimum Gasteiger partial charge on any atom is -0.371 e. The monoisotopic (exact) mass is 479 g/mol. The third-order valence-electron chi connectivity index (χ3n) is 6.65. The summed E-state index contributed by atoms with van der Waals surface area (Å²) in [4.78, 5) is 43.6. The van der Waals surface area contributed by atoms with Crippen molar-refractivity contribution >= 4 is 34.7 Å². The molecule has 1 fully saturated rings. The van der Waals surface area contributed by atoms with Crippen molar-refractivity contribution in [2.24, 2.45) is 5.92 Å². The van der Waals surface area contributed by atoms with Gasteiger partial charge in [-0.1, -0.05) is 22.4 Å². The van der Waals surface area contributed by atoms with E-state index < -0.39 is 0 Å². The third-order valence-corrected chi connectivity index (χ3v) is 7.69. The molecule has 5 rings (SSSR count). The molecule has 3 aromatic rings. The fraction of sp³-hybridized carbons (Fsp3) is 0.375. The van der Waals surface area contributed by atoms with Gasteiger partial charge in [-0.2, -0.15) is 0 Å². The van der Waals surface area contributed by atoms with Gasteiger partial charge in [-0.15, -0.1) is 11.3 Å². The lowest BCUT2D eigenvalue weighted by Gasteiger charge is -2.34. The number of fused-ring (bicyclic) bond motifs is 1. The SMILES string of the molecule is Cc1nonc1CNC(=O)C1CCN(c2cccc3c2C(=O)N(C(C)c2cccs2)C3=O)CC1. The average Bonchev–Trinajstić information content (AvgIpc) is 3.58.